The van der Waals surface area contributed by atoms with Crippen LogP contribution in [0.1, 0.15) is 30.4 Å². The average Bonchev–Trinajstić information content (AvgIpc) is 2.46. The molecule has 1 aliphatic rings. The number of nitrogens with zero attached hydrogens (tertiary/aromatic N) is 2. The molecule has 1 heterocycles. The standard InChI is InChI=1S/C16H21F3N2O/c1-20(9-10-21-8-3-2-7-15(21)22)12-13-5-4-6-14(11-13)16(17,18)19/h4-6,11H,2-3,7-10,12H2,1H3. The third-order valence-corrected chi connectivity index (χ3v) is 3.88. The first-order chi connectivity index (χ1) is 10.4. The maximum Gasteiger partial charge on any atom is 0.416 e. The SMILES string of the molecule is CN(CCN1CCCCC1=O)Cc1cccc(C(F)(F)F)c1. The van der Waals surface area contributed by atoms with Gasteiger partial charge >= 0.3 is 6.18 Å². The molecule has 22 heavy (non-hydrogen) atoms. The molecule has 0 N–H and O–H groups in total. The number of carbonyl (C=O) groups excluding carboxylic acids is 1. The van der Waals surface area contributed by atoms with Crippen LogP contribution in [0, 0.1) is 0 Å². The van der Waals surface area contributed by atoms with Crippen molar-refractivity contribution in [2.45, 2.75) is 32.0 Å². The van der Waals surface area contributed by atoms with Gasteiger partial charge in [-0.25, -0.2) is 0 Å². The summed E-state index contributed by atoms with van der Waals surface area (Å²) in [4.78, 5) is 15.5. The quantitative estimate of drug-likeness (QED) is 0.833. The minimum absolute atomic E-state index is 0.179. The fourth-order valence-corrected chi connectivity index (χ4v) is 2.63. The molecule has 0 atom stereocenters. The summed E-state index contributed by atoms with van der Waals surface area (Å²) in [5.74, 6) is 0.179. The van der Waals surface area contributed by atoms with E-state index >= 15 is 0 Å². The monoisotopic (exact) mass is 314 g/mol. The van der Waals surface area contributed by atoms with Crippen molar-refractivity contribution in [2.24, 2.45) is 0 Å². The molecule has 0 bridgehead atoms. The highest BCUT2D eigenvalue weighted by molar-refractivity contribution is 5.76. The number of piperidine rings is 1. The second-order valence-corrected chi connectivity index (χ2v) is 5.77. The van der Waals surface area contributed by atoms with Gasteiger partial charge in [0.1, 0.15) is 0 Å². The van der Waals surface area contributed by atoms with Crippen LogP contribution in [-0.4, -0.2) is 42.4 Å². The highest BCUT2D eigenvalue weighted by Crippen LogP contribution is 2.29. The lowest BCUT2D eigenvalue weighted by Crippen LogP contribution is -2.40. The normalized spacial score (nSPS) is 16.4. The Morgan fingerprint density at radius 1 is 1.27 bits per heavy atom. The van der Waals surface area contributed by atoms with Crippen LogP contribution in [0.4, 0.5) is 13.2 Å². The van der Waals surface area contributed by atoms with Crippen LogP contribution < -0.4 is 0 Å². The molecule has 2 rings (SSSR count). The molecule has 1 fully saturated rings. The number of hydrogen-bond acceptors (Lipinski definition) is 2. The number of likely N-dealkylation sites (N-methyl/N-ethyl adjacent to an activating group) is 1. The minimum atomic E-state index is -4.31. The lowest BCUT2D eigenvalue weighted by Gasteiger charge is -2.28. The maximum absolute atomic E-state index is 12.7. The lowest BCUT2D eigenvalue weighted by atomic mass is 10.1. The lowest BCUT2D eigenvalue weighted by molar-refractivity contribution is -0.137. The fraction of sp³-hybridized carbons (Fsp3) is 0.562. The van der Waals surface area contributed by atoms with Gasteiger partial charge in [0.15, 0.2) is 0 Å². The first kappa shape index (κ1) is 16.8. The molecule has 0 unspecified atom stereocenters. The van der Waals surface area contributed by atoms with Crippen molar-refractivity contribution >= 4 is 5.91 Å². The number of hydrogen-bond donors (Lipinski definition) is 0. The van der Waals surface area contributed by atoms with Gasteiger partial charge in [0, 0.05) is 32.6 Å². The molecule has 0 saturated carbocycles. The number of amides is 1. The second-order valence-electron chi connectivity index (χ2n) is 5.77. The van der Waals surface area contributed by atoms with Gasteiger partial charge in [0.05, 0.1) is 5.56 Å². The van der Waals surface area contributed by atoms with E-state index in [-0.39, 0.29) is 5.91 Å². The molecule has 1 aliphatic heterocycles. The van der Waals surface area contributed by atoms with Gasteiger partial charge in [-0.1, -0.05) is 18.2 Å². The molecule has 0 radical (unpaired) electrons. The zero-order valence-corrected chi connectivity index (χ0v) is 12.7. The Morgan fingerprint density at radius 2 is 2.05 bits per heavy atom. The van der Waals surface area contributed by atoms with Crippen LogP contribution >= 0.6 is 0 Å². The number of rotatable bonds is 5. The fourth-order valence-electron chi connectivity index (χ4n) is 2.63. The smallest absolute Gasteiger partial charge is 0.341 e. The molecule has 6 heteroatoms. The van der Waals surface area contributed by atoms with Gasteiger partial charge in [-0.15, -0.1) is 0 Å². The van der Waals surface area contributed by atoms with Crippen LogP contribution in [0.2, 0.25) is 0 Å². The highest BCUT2D eigenvalue weighted by atomic mass is 19.4. The summed E-state index contributed by atoms with van der Waals surface area (Å²) in [7, 11) is 1.86. The zero-order chi connectivity index (χ0) is 16.2. The van der Waals surface area contributed by atoms with Crippen LogP contribution in [0.3, 0.4) is 0 Å². The molecule has 1 amide bonds. The van der Waals surface area contributed by atoms with Crippen molar-refractivity contribution < 1.29 is 18.0 Å². The summed E-state index contributed by atoms with van der Waals surface area (Å²) < 4.78 is 38.0. The van der Waals surface area contributed by atoms with Gasteiger partial charge in [-0.2, -0.15) is 13.2 Å². The van der Waals surface area contributed by atoms with Crippen molar-refractivity contribution in [1.82, 2.24) is 9.80 Å². The Balaban J connectivity index is 1.86. The number of carbonyl (C=O) groups is 1. The van der Waals surface area contributed by atoms with Crippen molar-refractivity contribution in [2.75, 3.05) is 26.7 Å². The van der Waals surface area contributed by atoms with Gasteiger partial charge in [-0.05, 0) is 31.5 Å². The molecule has 1 aromatic carbocycles. The topological polar surface area (TPSA) is 23.6 Å². The van der Waals surface area contributed by atoms with Crippen LogP contribution in [0.25, 0.3) is 0 Å². The highest BCUT2D eigenvalue weighted by Gasteiger charge is 2.30. The predicted octanol–water partition coefficient (Wildman–Crippen LogP) is 3.15. The van der Waals surface area contributed by atoms with Gasteiger partial charge in [-0.3, -0.25) is 4.79 Å². The summed E-state index contributed by atoms with van der Waals surface area (Å²) in [6.07, 6.45) is -1.72. The Hall–Kier alpha value is -1.56. The summed E-state index contributed by atoms with van der Waals surface area (Å²) in [6.45, 7) is 2.51. The first-order valence-electron chi connectivity index (χ1n) is 7.49. The number of likely N-dealkylation sites (tertiary alicyclic amines) is 1. The van der Waals surface area contributed by atoms with E-state index in [4.69, 9.17) is 0 Å². The molecule has 0 aliphatic carbocycles. The van der Waals surface area contributed by atoms with Crippen LogP contribution in [-0.2, 0) is 17.5 Å². The summed E-state index contributed by atoms with van der Waals surface area (Å²) in [6, 6.07) is 5.39. The third-order valence-electron chi connectivity index (χ3n) is 3.88. The Labute approximate surface area is 128 Å². The van der Waals surface area contributed by atoms with Gasteiger partial charge in [0.2, 0.25) is 5.91 Å². The number of halogens is 3. The average molecular weight is 314 g/mol. The van der Waals surface area contributed by atoms with Crippen molar-refractivity contribution in [1.29, 1.82) is 0 Å². The molecule has 1 saturated heterocycles. The molecule has 1 aromatic rings. The van der Waals surface area contributed by atoms with E-state index in [1.807, 2.05) is 16.8 Å². The minimum Gasteiger partial charge on any atom is -0.341 e. The molecular weight excluding hydrogens is 293 g/mol. The maximum atomic E-state index is 12.7. The Kier molecular flexibility index (Phi) is 5.45. The van der Waals surface area contributed by atoms with E-state index in [9.17, 15) is 18.0 Å². The van der Waals surface area contributed by atoms with Crippen LogP contribution in [0.15, 0.2) is 24.3 Å². The Morgan fingerprint density at radius 3 is 2.73 bits per heavy atom. The summed E-state index contributed by atoms with van der Waals surface area (Å²) in [5, 5.41) is 0. The molecular formula is C16H21F3N2O. The van der Waals surface area contributed by atoms with Gasteiger partial charge < -0.3 is 9.80 Å². The van der Waals surface area contributed by atoms with Crippen LogP contribution in [0.5, 0.6) is 0 Å². The zero-order valence-electron chi connectivity index (χ0n) is 12.7. The predicted molar refractivity (Wildman–Crippen MR) is 78.2 cm³/mol. The summed E-state index contributed by atoms with van der Waals surface area (Å²) in [5.41, 5.74) is 0.00639. The molecule has 3 nitrogen and oxygen atoms in total. The van der Waals surface area contributed by atoms with Gasteiger partial charge in [0.25, 0.3) is 0 Å². The molecule has 0 aromatic heterocycles. The van der Waals surface area contributed by atoms with E-state index in [1.165, 1.54) is 12.1 Å². The molecule has 122 valence electrons. The summed E-state index contributed by atoms with van der Waals surface area (Å²) >= 11 is 0. The molecule has 0 spiro atoms. The number of alkyl halides is 3. The third kappa shape index (κ3) is 4.73. The first-order valence-corrected chi connectivity index (χ1v) is 7.49. The number of benzene rings is 1. The largest absolute Gasteiger partial charge is 0.416 e. The van der Waals surface area contributed by atoms with E-state index in [0.717, 1.165) is 25.5 Å². The van der Waals surface area contributed by atoms with E-state index < -0.39 is 11.7 Å². The van der Waals surface area contributed by atoms with Crippen molar-refractivity contribution in [3.05, 3.63) is 35.4 Å². The van der Waals surface area contributed by atoms with Crippen molar-refractivity contribution in [3.8, 4) is 0 Å². The Bertz CT molecular complexity index is 516. The van der Waals surface area contributed by atoms with E-state index in [2.05, 4.69) is 0 Å². The van der Waals surface area contributed by atoms with E-state index in [0.29, 0.717) is 31.6 Å². The second kappa shape index (κ2) is 7.13. The van der Waals surface area contributed by atoms with Crippen molar-refractivity contribution in [3.63, 3.8) is 0 Å². The van der Waals surface area contributed by atoms with E-state index in [1.54, 1.807) is 6.07 Å².